The summed E-state index contributed by atoms with van der Waals surface area (Å²) in [6, 6.07) is 4.80. The van der Waals surface area contributed by atoms with Crippen LogP contribution in [0.25, 0.3) is 0 Å². The Hall–Kier alpha value is -3.10. The van der Waals surface area contributed by atoms with Gasteiger partial charge in [-0.2, -0.15) is 0 Å². The van der Waals surface area contributed by atoms with Crippen LogP contribution in [0, 0.1) is 6.92 Å². The summed E-state index contributed by atoms with van der Waals surface area (Å²) in [5.41, 5.74) is -0.0542. The molecule has 0 spiro atoms. The number of carbonyl (C=O) groups excluding carboxylic acids is 3. The lowest BCUT2D eigenvalue weighted by atomic mass is 10.1. The number of nitrogens with one attached hydrogen (secondary N) is 2. The van der Waals surface area contributed by atoms with Gasteiger partial charge in [-0.25, -0.2) is 14.4 Å². The third kappa shape index (κ3) is 9.09. The van der Waals surface area contributed by atoms with Crippen molar-refractivity contribution in [1.29, 1.82) is 0 Å². The number of methoxy groups -OCH3 is 1. The lowest BCUT2D eigenvalue weighted by Crippen LogP contribution is -2.40. The molecule has 1 rings (SSSR count). The average Bonchev–Trinajstić information content (AvgIpc) is 2.52. The van der Waals surface area contributed by atoms with Gasteiger partial charge in [-0.1, -0.05) is 6.07 Å². The third-order valence-electron chi connectivity index (χ3n) is 3.13. The topological polar surface area (TPSA) is 115 Å². The molecule has 0 aromatic heterocycles. The summed E-state index contributed by atoms with van der Waals surface area (Å²) in [6.07, 6.45) is -1.72. The van der Waals surface area contributed by atoms with Crippen molar-refractivity contribution < 1.29 is 28.6 Å². The zero-order chi connectivity index (χ0) is 22.4. The minimum atomic E-state index is -0.905. The van der Waals surface area contributed by atoms with Crippen molar-refractivity contribution in [1.82, 2.24) is 5.32 Å². The highest BCUT2D eigenvalue weighted by Crippen LogP contribution is 2.18. The molecule has 0 fully saturated rings. The van der Waals surface area contributed by atoms with E-state index in [1.54, 1.807) is 60.6 Å². The van der Waals surface area contributed by atoms with E-state index in [2.05, 4.69) is 15.6 Å². The van der Waals surface area contributed by atoms with Gasteiger partial charge >= 0.3 is 18.2 Å². The van der Waals surface area contributed by atoms with Crippen molar-refractivity contribution in [3.05, 3.63) is 29.3 Å². The summed E-state index contributed by atoms with van der Waals surface area (Å²) in [4.78, 5) is 39.8. The van der Waals surface area contributed by atoms with Crippen molar-refractivity contribution in [2.75, 3.05) is 12.4 Å². The Labute approximate surface area is 170 Å². The van der Waals surface area contributed by atoms with Crippen molar-refractivity contribution >= 4 is 29.8 Å². The van der Waals surface area contributed by atoms with Crippen LogP contribution in [0.4, 0.5) is 15.3 Å². The molecule has 2 N–H and O–H groups in total. The predicted molar refractivity (Wildman–Crippen MR) is 109 cm³/mol. The van der Waals surface area contributed by atoms with E-state index in [-0.39, 0.29) is 11.5 Å². The van der Waals surface area contributed by atoms with Gasteiger partial charge < -0.3 is 19.5 Å². The van der Waals surface area contributed by atoms with Crippen LogP contribution in [-0.4, -0.2) is 42.4 Å². The van der Waals surface area contributed by atoms with Gasteiger partial charge in [0.1, 0.15) is 11.2 Å². The first-order chi connectivity index (χ1) is 13.2. The number of benzene rings is 1. The first-order valence-corrected chi connectivity index (χ1v) is 8.98. The van der Waals surface area contributed by atoms with Gasteiger partial charge in [-0.15, -0.1) is 4.99 Å². The molecular weight excluding hydrogens is 378 g/mol. The Morgan fingerprint density at radius 1 is 0.966 bits per heavy atom. The van der Waals surface area contributed by atoms with Gasteiger partial charge in [0.25, 0.3) is 0 Å². The number of rotatable bonds is 2. The molecule has 0 aliphatic rings. The van der Waals surface area contributed by atoms with E-state index in [4.69, 9.17) is 14.2 Å². The van der Waals surface area contributed by atoms with E-state index in [9.17, 15) is 14.4 Å². The monoisotopic (exact) mass is 407 g/mol. The molecule has 2 amide bonds. The first-order valence-electron chi connectivity index (χ1n) is 8.98. The SMILES string of the molecule is COC(=O)c1ccc(C)c(NC(=NC(=O)OC(C)(C)C)NC(=O)OC(C)(C)C)c1. The number of hydrogen-bond acceptors (Lipinski definition) is 6. The van der Waals surface area contributed by atoms with E-state index in [1.165, 1.54) is 13.2 Å². The molecule has 1 aromatic rings. The molecule has 0 bridgehead atoms. The maximum Gasteiger partial charge on any atom is 0.437 e. The quantitative estimate of drug-likeness (QED) is 0.329. The van der Waals surface area contributed by atoms with Gasteiger partial charge in [0.05, 0.1) is 12.7 Å². The molecule has 9 heteroatoms. The van der Waals surface area contributed by atoms with Crippen LogP contribution in [-0.2, 0) is 14.2 Å². The summed E-state index contributed by atoms with van der Waals surface area (Å²) >= 11 is 0. The second-order valence-corrected chi connectivity index (χ2v) is 8.21. The lowest BCUT2D eigenvalue weighted by Gasteiger charge is -2.21. The third-order valence-corrected chi connectivity index (χ3v) is 3.13. The highest BCUT2D eigenvalue weighted by atomic mass is 16.6. The Bertz CT molecular complexity index is 803. The zero-order valence-corrected chi connectivity index (χ0v) is 18.1. The van der Waals surface area contributed by atoms with Crippen LogP contribution in [0.2, 0.25) is 0 Å². The van der Waals surface area contributed by atoms with Crippen LogP contribution in [0.3, 0.4) is 0 Å². The van der Waals surface area contributed by atoms with Crippen molar-refractivity contribution in [3.63, 3.8) is 0 Å². The Morgan fingerprint density at radius 2 is 1.55 bits per heavy atom. The summed E-state index contributed by atoms with van der Waals surface area (Å²) in [7, 11) is 1.27. The van der Waals surface area contributed by atoms with Crippen LogP contribution in [0.15, 0.2) is 23.2 Å². The van der Waals surface area contributed by atoms with Crippen molar-refractivity contribution in [2.45, 2.75) is 59.7 Å². The predicted octanol–water partition coefficient (Wildman–Crippen LogP) is 4.01. The smallest absolute Gasteiger partial charge is 0.437 e. The minimum Gasteiger partial charge on any atom is -0.465 e. The van der Waals surface area contributed by atoms with E-state index >= 15 is 0 Å². The molecule has 0 atom stereocenters. The number of aliphatic imine (C=N–C) groups is 1. The number of aryl methyl sites for hydroxylation is 1. The fourth-order valence-electron chi connectivity index (χ4n) is 1.99. The number of carbonyl (C=O) groups is 3. The van der Waals surface area contributed by atoms with E-state index < -0.39 is 29.4 Å². The Morgan fingerprint density at radius 3 is 2.07 bits per heavy atom. The molecule has 9 nitrogen and oxygen atoms in total. The van der Waals surface area contributed by atoms with Gasteiger partial charge in [-0.3, -0.25) is 5.32 Å². The van der Waals surface area contributed by atoms with Gasteiger partial charge in [-0.05, 0) is 66.2 Å². The summed E-state index contributed by atoms with van der Waals surface area (Å²) < 4.78 is 15.1. The number of nitrogens with zero attached hydrogens (tertiary/aromatic N) is 1. The number of amides is 2. The Kier molecular flexibility index (Phi) is 7.76. The molecule has 0 aliphatic heterocycles. The molecule has 0 unspecified atom stereocenters. The van der Waals surface area contributed by atoms with Gasteiger partial charge in [0.15, 0.2) is 0 Å². The van der Waals surface area contributed by atoms with E-state index in [1.807, 2.05) is 0 Å². The molecule has 0 saturated carbocycles. The second kappa shape index (κ2) is 9.40. The van der Waals surface area contributed by atoms with Crippen molar-refractivity contribution in [2.24, 2.45) is 4.99 Å². The van der Waals surface area contributed by atoms with Crippen LogP contribution < -0.4 is 10.6 Å². The molecular formula is C20H29N3O6. The molecule has 0 saturated heterocycles. The van der Waals surface area contributed by atoms with E-state index in [0.29, 0.717) is 5.69 Å². The number of guanidine groups is 1. The fourth-order valence-corrected chi connectivity index (χ4v) is 1.99. The number of alkyl carbamates (subject to hydrolysis) is 1. The minimum absolute atomic E-state index is 0.210. The maximum atomic E-state index is 12.2. The molecule has 0 heterocycles. The molecule has 0 radical (unpaired) electrons. The number of ether oxygens (including phenoxy) is 3. The second-order valence-electron chi connectivity index (χ2n) is 8.21. The van der Waals surface area contributed by atoms with Gasteiger partial charge in [0.2, 0.25) is 5.96 Å². The highest BCUT2D eigenvalue weighted by molar-refractivity contribution is 6.07. The average molecular weight is 407 g/mol. The summed E-state index contributed by atoms with van der Waals surface area (Å²) in [5.74, 6) is -0.739. The number of anilines is 1. The molecule has 29 heavy (non-hydrogen) atoms. The summed E-state index contributed by atoms with van der Waals surface area (Å²) in [5, 5.41) is 5.22. The largest absolute Gasteiger partial charge is 0.465 e. The zero-order valence-electron chi connectivity index (χ0n) is 18.1. The standard InChI is InChI=1S/C20H29N3O6/c1-12-9-10-13(15(24)27-8)11-14(12)21-16(22-17(25)28-19(2,3)4)23-18(26)29-20(5,6)7/h9-11H,1-8H3,(H2,21,22,23,25,26). The maximum absolute atomic E-state index is 12.2. The first kappa shape index (κ1) is 23.9. The Balaban J connectivity index is 3.19. The lowest BCUT2D eigenvalue weighted by molar-refractivity contribution is 0.0559. The van der Waals surface area contributed by atoms with Crippen LogP contribution >= 0.6 is 0 Å². The normalized spacial score (nSPS) is 12.1. The number of hydrogen-bond donors (Lipinski definition) is 2. The van der Waals surface area contributed by atoms with Gasteiger partial charge in [0, 0.05) is 5.69 Å². The van der Waals surface area contributed by atoms with Crippen LogP contribution in [0.1, 0.15) is 57.5 Å². The fraction of sp³-hybridized carbons (Fsp3) is 0.500. The van der Waals surface area contributed by atoms with Crippen LogP contribution in [0.5, 0.6) is 0 Å². The number of esters is 1. The molecule has 0 aliphatic carbocycles. The van der Waals surface area contributed by atoms with E-state index in [0.717, 1.165) is 5.56 Å². The molecule has 160 valence electrons. The highest BCUT2D eigenvalue weighted by Gasteiger charge is 2.21. The summed E-state index contributed by atoms with van der Waals surface area (Å²) in [6.45, 7) is 12.0. The van der Waals surface area contributed by atoms with Crippen molar-refractivity contribution in [3.8, 4) is 0 Å². The molecule has 1 aromatic carbocycles.